The number of carbonyl (C=O) groups excluding carboxylic acids is 1. The van der Waals surface area contributed by atoms with Gasteiger partial charge >= 0.3 is 0 Å². The number of H-pyrrole nitrogens is 1. The molecule has 2 heterocycles. The molecule has 6 heteroatoms. The van der Waals surface area contributed by atoms with E-state index >= 15 is 0 Å². The number of hydrogen-bond acceptors (Lipinski definition) is 4. The van der Waals surface area contributed by atoms with Crippen molar-refractivity contribution in [3.8, 4) is 22.6 Å². The third kappa shape index (κ3) is 4.27. The van der Waals surface area contributed by atoms with E-state index in [2.05, 4.69) is 34.3 Å². The summed E-state index contributed by atoms with van der Waals surface area (Å²) in [5.74, 6) is 1.02. The van der Waals surface area contributed by atoms with Crippen molar-refractivity contribution in [2.75, 3.05) is 13.7 Å². The van der Waals surface area contributed by atoms with Crippen molar-refractivity contribution in [1.82, 2.24) is 15.3 Å². The van der Waals surface area contributed by atoms with E-state index in [0.29, 0.717) is 18.0 Å². The summed E-state index contributed by atoms with van der Waals surface area (Å²) < 4.78 is 11.2. The van der Waals surface area contributed by atoms with E-state index in [1.807, 2.05) is 42.6 Å². The van der Waals surface area contributed by atoms with Gasteiger partial charge in [0.15, 0.2) is 6.61 Å². The van der Waals surface area contributed by atoms with Crippen molar-refractivity contribution >= 4 is 16.8 Å². The minimum atomic E-state index is -0.215. The van der Waals surface area contributed by atoms with Gasteiger partial charge in [-0.3, -0.25) is 9.78 Å². The number of fused-ring (bicyclic) bond motifs is 1. The lowest BCUT2D eigenvalue weighted by atomic mass is 10.0. The Labute approximate surface area is 174 Å². The Morgan fingerprint density at radius 3 is 2.77 bits per heavy atom. The predicted octanol–water partition coefficient (Wildman–Crippen LogP) is 4.24. The van der Waals surface area contributed by atoms with Gasteiger partial charge in [0.25, 0.3) is 5.91 Å². The highest BCUT2D eigenvalue weighted by atomic mass is 16.5. The molecule has 0 atom stereocenters. The first-order valence-corrected chi connectivity index (χ1v) is 9.69. The summed E-state index contributed by atoms with van der Waals surface area (Å²) in [4.78, 5) is 19.7. The number of nitrogens with zero attached hydrogens (tertiary/aromatic N) is 1. The maximum Gasteiger partial charge on any atom is 0.258 e. The Hall–Kier alpha value is -3.80. The zero-order chi connectivity index (χ0) is 20.9. The molecule has 0 saturated carbocycles. The van der Waals surface area contributed by atoms with Crippen LogP contribution in [0.3, 0.4) is 0 Å². The van der Waals surface area contributed by atoms with E-state index in [9.17, 15) is 4.79 Å². The molecule has 0 fully saturated rings. The molecule has 30 heavy (non-hydrogen) atoms. The van der Waals surface area contributed by atoms with Crippen LogP contribution in [0.25, 0.3) is 22.0 Å². The Kier molecular flexibility index (Phi) is 5.66. The van der Waals surface area contributed by atoms with E-state index < -0.39 is 0 Å². The summed E-state index contributed by atoms with van der Waals surface area (Å²) in [5.41, 5.74) is 5.09. The normalized spacial score (nSPS) is 10.7. The molecule has 0 saturated heterocycles. The minimum Gasteiger partial charge on any atom is -0.497 e. The maximum absolute atomic E-state index is 12.2. The van der Waals surface area contributed by atoms with Crippen molar-refractivity contribution in [2.45, 2.75) is 13.5 Å². The minimum absolute atomic E-state index is 0.0908. The Morgan fingerprint density at radius 2 is 1.97 bits per heavy atom. The second kappa shape index (κ2) is 8.69. The molecule has 0 aliphatic carbocycles. The van der Waals surface area contributed by atoms with Crippen LogP contribution in [0.4, 0.5) is 0 Å². The SMILES string of the molecule is COc1cc(OCC(=O)NCc2ccccn2)cc(-c2c[nH]c3c(C)cccc23)c1. The Morgan fingerprint density at radius 1 is 1.10 bits per heavy atom. The average Bonchev–Trinajstić information content (AvgIpc) is 3.22. The van der Waals surface area contributed by atoms with Gasteiger partial charge in [-0.1, -0.05) is 24.3 Å². The van der Waals surface area contributed by atoms with Gasteiger partial charge in [0.1, 0.15) is 11.5 Å². The lowest BCUT2D eigenvalue weighted by Crippen LogP contribution is -2.28. The van der Waals surface area contributed by atoms with Crippen molar-refractivity contribution in [3.63, 3.8) is 0 Å². The van der Waals surface area contributed by atoms with Crippen LogP contribution in [0.5, 0.6) is 11.5 Å². The van der Waals surface area contributed by atoms with Crippen LogP contribution in [0.15, 0.2) is 67.0 Å². The molecule has 0 spiro atoms. The quantitative estimate of drug-likeness (QED) is 0.486. The van der Waals surface area contributed by atoms with E-state index in [1.165, 1.54) is 5.56 Å². The lowest BCUT2D eigenvalue weighted by Gasteiger charge is -2.11. The fourth-order valence-electron chi connectivity index (χ4n) is 3.36. The van der Waals surface area contributed by atoms with E-state index in [1.54, 1.807) is 19.4 Å². The van der Waals surface area contributed by atoms with Crippen molar-refractivity contribution in [2.24, 2.45) is 0 Å². The molecule has 4 aromatic rings. The highest BCUT2D eigenvalue weighted by Gasteiger charge is 2.12. The largest absolute Gasteiger partial charge is 0.497 e. The molecular formula is C24H23N3O3. The number of nitrogens with one attached hydrogen (secondary N) is 2. The van der Waals surface area contributed by atoms with Crippen LogP contribution in [-0.2, 0) is 11.3 Å². The van der Waals surface area contributed by atoms with Crippen molar-refractivity contribution < 1.29 is 14.3 Å². The monoisotopic (exact) mass is 401 g/mol. The molecule has 4 rings (SSSR count). The third-order valence-electron chi connectivity index (χ3n) is 4.91. The molecule has 0 aliphatic rings. The van der Waals surface area contributed by atoms with Gasteiger partial charge in [0.2, 0.25) is 0 Å². The third-order valence-corrected chi connectivity index (χ3v) is 4.91. The first-order chi connectivity index (χ1) is 14.6. The Balaban J connectivity index is 1.50. The molecule has 2 N–H and O–H groups in total. The van der Waals surface area contributed by atoms with Gasteiger partial charge in [-0.2, -0.15) is 0 Å². The van der Waals surface area contributed by atoms with Crippen LogP contribution in [0.1, 0.15) is 11.3 Å². The maximum atomic E-state index is 12.2. The van der Waals surface area contributed by atoms with Crippen molar-refractivity contribution in [1.29, 1.82) is 0 Å². The number of aromatic nitrogens is 2. The molecule has 152 valence electrons. The number of para-hydroxylation sites is 1. The van der Waals surface area contributed by atoms with Crippen LogP contribution in [-0.4, -0.2) is 29.6 Å². The van der Waals surface area contributed by atoms with E-state index in [-0.39, 0.29) is 12.5 Å². The molecule has 2 aromatic heterocycles. The first-order valence-electron chi connectivity index (χ1n) is 9.69. The van der Waals surface area contributed by atoms with Gasteiger partial charge in [0, 0.05) is 34.9 Å². The van der Waals surface area contributed by atoms with Crippen LogP contribution in [0, 0.1) is 6.92 Å². The highest BCUT2D eigenvalue weighted by Crippen LogP contribution is 2.35. The number of amides is 1. The second-order valence-electron chi connectivity index (χ2n) is 6.98. The van der Waals surface area contributed by atoms with Gasteiger partial charge < -0.3 is 19.8 Å². The fourth-order valence-corrected chi connectivity index (χ4v) is 3.36. The number of carbonyl (C=O) groups is 1. The number of rotatable bonds is 7. The number of methoxy groups -OCH3 is 1. The summed E-state index contributed by atoms with van der Waals surface area (Å²) in [6.07, 6.45) is 3.68. The molecule has 2 aromatic carbocycles. The second-order valence-corrected chi connectivity index (χ2v) is 6.98. The number of aryl methyl sites for hydroxylation is 1. The van der Waals surface area contributed by atoms with E-state index in [0.717, 1.165) is 27.7 Å². The van der Waals surface area contributed by atoms with Gasteiger partial charge in [-0.05, 0) is 42.3 Å². The predicted molar refractivity (Wildman–Crippen MR) is 117 cm³/mol. The smallest absolute Gasteiger partial charge is 0.258 e. The highest BCUT2D eigenvalue weighted by molar-refractivity contribution is 5.97. The first kappa shape index (κ1) is 19.5. The zero-order valence-corrected chi connectivity index (χ0v) is 16.9. The van der Waals surface area contributed by atoms with Crippen LogP contribution >= 0.6 is 0 Å². The molecule has 0 aliphatic heterocycles. The summed E-state index contributed by atoms with van der Waals surface area (Å²) in [6.45, 7) is 2.35. The van der Waals surface area contributed by atoms with Gasteiger partial charge in [-0.15, -0.1) is 0 Å². The number of ether oxygens (including phenoxy) is 2. The zero-order valence-electron chi connectivity index (χ0n) is 16.9. The molecular weight excluding hydrogens is 378 g/mol. The van der Waals surface area contributed by atoms with Gasteiger partial charge in [-0.25, -0.2) is 0 Å². The number of pyridine rings is 1. The van der Waals surface area contributed by atoms with Crippen molar-refractivity contribution in [3.05, 3.63) is 78.2 Å². The number of hydrogen-bond donors (Lipinski definition) is 2. The van der Waals surface area contributed by atoms with Crippen LogP contribution < -0.4 is 14.8 Å². The summed E-state index contributed by atoms with van der Waals surface area (Å²) in [5, 5.41) is 3.93. The molecule has 0 bridgehead atoms. The van der Waals surface area contributed by atoms with Crippen LogP contribution in [0.2, 0.25) is 0 Å². The standard InChI is InChI=1S/C24H23N3O3/c1-16-6-5-8-21-22(14-27-24(16)21)17-10-19(29-2)12-20(11-17)30-15-23(28)26-13-18-7-3-4-9-25-18/h3-12,14,27H,13,15H2,1-2H3,(H,26,28). The summed E-state index contributed by atoms with van der Waals surface area (Å²) in [6, 6.07) is 17.4. The number of benzene rings is 2. The molecule has 1 amide bonds. The molecule has 0 unspecified atom stereocenters. The number of aromatic amines is 1. The summed E-state index contributed by atoms with van der Waals surface area (Å²) >= 11 is 0. The average molecular weight is 401 g/mol. The van der Waals surface area contributed by atoms with E-state index in [4.69, 9.17) is 9.47 Å². The molecule has 0 radical (unpaired) electrons. The lowest BCUT2D eigenvalue weighted by molar-refractivity contribution is -0.123. The topological polar surface area (TPSA) is 76.2 Å². The fraction of sp³-hybridized carbons (Fsp3) is 0.167. The van der Waals surface area contributed by atoms with Gasteiger partial charge in [0.05, 0.1) is 19.3 Å². The summed E-state index contributed by atoms with van der Waals surface area (Å²) in [7, 11) is 1.61. The molecule has 6 nitrogen and oxygen atoms in total. The Bertz CT molecular complexity index is 1170.